The van der Waals surface area contributed by atoms with Crippen LogP contribution >= 0.6 is 23.4 Å². The van der Waals surface area contributed by atoms with Crippen LogP contribution in [0.25, 0.3) is 11.8 Å². The summed E-state index contributed by atoms with van der Waals surface area (Å²) in [5, 5.41) is 3.96. The van der Waals surface area contributed by atoms with Crippen LogP contribution in [-0.4, -0.2) is 28.7 Å². The van der Waals surface area contributed by atoms with E-state index < -0.39 is 0 Å². The lowest BCUT2D eigenvalue weighted by molar-refractivity contribution is -0.115. The SMILES string of the molecule is COC(=O)c1cccc(-n2c(C)cc(/C=C3/SC(=Nc4cccc(Cl)c4C)NC3=O)c2C)c1. The Morgan fingerprint density at radius 3 is 2.67 bits per heavy atom. The number of hydrogen-bond donors (Lipinski definition) is 1. The van der Waals surface area contributed by atoms with Crippen LogP contribution in [0.15, 0.2) is 58.4 Å². The van der Waals surface area contributed by atoms with Crippen LogP contribution in [0.1, 0.15) is 32.9 Å². The van der Waals surface area contributed by atoms with Crippen molar-refractivity contribution in [2.45, 2.75) is 20.8 Å². The average molecular weight is 480 g/mol. The van der Waals surface area contributed by atoms with E-state index >= 15 is 0 Å². The Balaban J connectivity index is 1.66. The van der Waals surface area contributed by atoms with Crippen molar-refractivity contribution < 1.29 is 14.3 Å². The van der Waals surface area contributed by atoms with Gasteiger partial charge in [0.05, 0.1) is 23.3 Å². The van der Waals surface area contributed by atoms with E-state index in [9.17, 15) is 9.59 Å². The van der Waals surface area contributed by atoms with E-state index in [1.165, 1.54) is 18.9 Å². The number of benzene rings is 2. The summed E-state index contributed by atoms with van der Waals surface area (Å²) in [6.07, 6.45) is 1.86. The van der Waals surface area contributed by atoms with Crippen LogP contribution in [0.2, 0.25) is 5.02 Å². The van der Waals surface area contributed by atoms with Crippen molar-refractivity contribution in [2.75, 3.05) is 7.11 Å². The second-order valence-electron chi connectivity index (χ2n) is 7.57. The zero-order valence-electron chi connectivity index (χ0n) is 18.6. The van der Waals surface area contributed by atoms with E-state index in [1.54, 1.807) is 12.1 Å². The molecule has 0 spiro atoms. The van der Waals surface area contributed by atoms with Gasteiger partial charge in [-0.1, -0.05) is 23.7 Å². The van der Waals surface area contributed by atoms with E-state index in [0.29, 0.717) is 20.7 Å². The number of amides is 1. The first kappa shape index (κ1) is 22.9. The van der Waals surface area contributed by atoms with Crippen molar-refractivity contribution in [1.82, 2.24) is 9.88 Å². The van der Waals surface area contributed by atoms with E-state index in [-0.39, 0.29) is 11.9 Å². The van der Waals surface area contributed by atoms with Gasteiger partial charge in [-0.3, -0.25) is 4.79 Å². The Kier molecular flexibility index (Phi) is 6.44. The van der Waals surface area contributed by atoms with Gasteiger partial charge in [-0.15, -0.1) is 0 Å². The highest BCUT2D eigenvalue weighted by atomic mass is 35.5. The molecule has 0 aliphatic carbocycles. The molecule has 1 aliphatic heterocycles. The van der Waals surface area contributed by atoms with Gasteiger partial charge < -0.3 is 14.6 Å². The molecule has 0 atom stereocenters. The summed E-state index contributed by atoms with van der Waals surface area (Å²) in [6, 6.07) is 14.8. The summed E-state index contributed by atoms with van der Waals surface area (Å²) in [5.41, 5.74) is 5.74. The van der Waals surface area contributed by atoms with Crippen molar-refractivity contribution in [1.29, 1.82) is 0 Å². The molecule has 2 aromatic carbocycles. The second-order valence-corrected chi connectivity index (χ2v) is 9.01. The molecule has 0 bridgehead atoms. The predicted molar refractivity (Wildman–Crippen MR) is 134 cm³/mol. The summed E-state index contributed by atoms with van der Waals surface area (Å²) in [6.45, 7) is 5.85. The number of thioether (sulfide) groups is 1. The smallest absolute Gasteiger partial charge is 0.337 e. The highest BCUT2D eigenvalue weighted by Gasteiger charge is 2.25. The molecule has 1 amide bonds. The molecule has 1 saturated heterocycles. The molecule has 1 aromatic heterocycles. The maximum absolute atomic E-state index is 12.6. The topological polar surface area (TPSA) is 72.7 Å². The number of rotatable bonds is 4. The van der Waals surface area contributed by atoms with Gasteiger partial charge in [-0.05, 0) is 86.1 Å². The maximum atomic E-state index is 12.6. The molecule has 0 saturated carbocycles. The first-order valence-electron chi connectivity index (χ1n) is 10.2. The van der Waals surface area contributed by atoms with Crippen molar-refractivity contribution in [2.24, 2.45) is 4.99 Å². The number of nitrogens with one attached hydrogen (secondary N) is 1. The molecule has 1 fully saturated rings. The minimum Gasteiger partial charge on any atom is -0.465 e. The van der Waals surface area contributed by atoms with Crippen molar-refractivity contribution in [3.8, 4) is 5.69 Å². The number of methoxy groups -OCH3 is 1. The fraction of sp³-hybridized carbons (Fsp3) is 0.160. The number of ether oxygens (including phenoxy) is 1. The molecular formula is C25H22ClN3O3S. The van der Waals surface area contributed by atoms with Crippen LogP contribution in [0.5, 0.6) is 0 Å². The highest BCUT2D eigenvalue weighted by Crippen LogP contribution is 2.32. The first-order valence-corrected chi connectivity index (χ1v) is 11.4. The van der Waals surface area contributed by atoms with E-state index in [4.69, 9.17) is 16.3 Å². The lowest BCUT2D eigenvalue weighted by atomic mass is 10.2. The molecule has 1 aliphatic rings. The molecule has 6 nitrogen and oxygen atoms in total. The zero-order chi connectivity index (χ0) is 23.7. The maximum Gasteiger partial charge on any atom is 0.337 e. The molecule has 8 heteroatoms. The van der Waals surface area contributed by atoms with E-state index in [0.717, 1.165) is 33.9 Å². The van der Waals surface area contributed by atoms with Crippen LogP contribution < -0.4 is 5.32 Å². The monoisotopic (exact) mass is 479 g/mol. The number of carbonyl (C=O) groups excluding carboxylic acids is 2. The number of amidine groups is 1. The van der Waals surface area contributed by atoms with Crippen LogP contribution in [0.4, 0.5) is 5.69 Å². The Morgan fingerprint density at radius 1 is 1.15 bits per heavy atom. The summed E-state index contributed by atoms with van der Waals surface area (Å²) in [7, 11) is 1.36. The van der Waals surface area contributed by atoms with Crippen LogP contribution in [0, 0.1) is 20.8 Å². The molecule has 3 aromatic rings. The van der Waals surface area contributed by atoms with Gasteiger partial charge in [-0.25, -0.2) is 9.79 Å². The number of halogens is 1. The Hall–Kier alpha value is -3.29. The summed E-state index contributed by atoms with van der Waals surface area (Å²) < 4.78 is 6.88. The van der Waals surface area contributed by atoms with E-state index in [2.05, 4.69) is 10.3 Å². The minimum absolute atomic E-state index is 0.198. The number of nitrogens with zero attached hydrogens (tertiary/aromatic N) is 2. The standard InChI is InChI=1S/C25H22ClN3O3S/c1-14-11-18(16(3)29(14)19-8-5-7-17(12-19)24(31)32-4)13-22-23(30)28-25(33-22)27-21-10-6-9-20(26)15(21)2/h5-13H,1-4H3,(H,27,28,30)/b22-13+. The molecule has 33 heavy (non-hydrogen) atoms. The molecule has 1 N–H and O–H groups in total. The van der Waals surface area contributed by atoms with Crippen molar-refractivity contribution in [3.63, 3.8) is 0 Å². The van der Waals surface area contributed by atoms with Crippen molar-refractivity contribution in [3.05, 3.63) is 86.5 Å². The first-order chi connectivity index (χ1) is 15.8. The number of aliphatic imine (C=N–C) groups is 1. The minimum atomic E-state index is -0.387. The Labute approximate surface area is 201 Å². The van der Waals surface area contributed by atoms with E-state index in [1.807, 2.05) is 67.8 Å². The number of carbonyl (C=O) groups is 2. The molecule has 0 unspecified atom stereocenters. The van der Waals surface area contributed by atoms with Crippen LogP contribution in [-0.2, 0) is 9.53 Å². The number of hydrogen-bond acceptors (Lipinski definition) is 5. The lowest BCUT2D eigenvalue weighted by Crippen LogP contribution is -2.19. The van der Waals surface area contributed by atoms with Crippen LogP contribution in [0.3, 0.4) is 0 Å². The lowest BCUT2D eigenvalue weighted by Gasteiger charge is -2.11. The number of esters is 1. The largest absolute Gasteiger partial charge is 0.465 e. The molecule has 0 radical (unpaired) electrons. The summed E-state index contributed by atoms with van der Waals surface area (Å²) in [4.78, 5) is 29.6. The summed E-state index contributed by atoms with van der Waals surface area (Å²) >= 11 is 7.47. The molecular weight excluding hydrogens is 458 g/mol. The highest BCUT2D eigenvalue weighted by molar-refractivity contribution is 8.18. The third-order valence-corrected chi connectivity index (χ3v) is 6.71. The normalized spacial score (nSPS) is 15.8. The van der Waals surface area contributed by atoms with Gasteiger partial charge in [0.2, 0.25) is 0 Å². The molecule has 168 valence electrons. The van der Waals surface area contributed by atoms with Crippen molar-refractivity contribution >= 4 is 52.2 Å². The zero-order valence-corrected chi connectivity index (χ0v) is 20.2. The van der Waals surface area contributed by atoms with Gasteiger partial charge in [-0.2, -0.15) is 0 Å². The molecule has 4 rings (SSSR count). The second kappa shape index (κ2) is 9.29. The van der Waals surface area contributed by atoms with Gasteiger partial charge in [0.1, 0.15) is 0 Å². The quantitative estimate of drug-likeness (QED) is 0.383. The third-order valence-electron chi connectivity index (χ3n) is 5.39. The summed E-state index contributed by atoms with van der Waals surface area (Å²) in [5.74, 6) is -0.585. The Bertz CT molecular complexity index is 1340. The predicted octanol–water partition coefficient (Wildman–Crippen LogP) is 5.73. The van der Waals surface area contributed by atoms with Gasteiger partial charge in [0, 0.05) is 22.1 Å². The number of aromatic nitrogens is 1. The van der Waals surface area contributed by atoms with Gasteiger partial charge in [0.15, 0.2) is 5.17 Å². The molecule has 2 heterocycles. The van der Waals surface area contributed by atoms with Gasteiger partial charge >= 0.3 is 5.97 Å². The third kappa shape index (κ3) is 4.60. The fourth-order valence-electron chi connectivity index (χ4n) is 3.67. The number of aryl methyl sites for hydroxylation is 1. The van der Waals surface area contributed by atoms with Gasteiger partial charge in [0.25, 0.3) is 5.91 Å². The average Bonchev–Trinajstić information content (AvgIpc) is 3.28. The Morgan fingerprint density at radius 2 is 1.91 bits per heavy atom. The fourth-order valence-corrected chi connectivity index (χ4v) is 4.66.